The predicted molar refractivity (Wildman–Crippen MR) is 131 cm³/mol. The standard InChI is InChI=1S/C22H28ClN7O2S/c1-22(2)19-14(20(31)30(22)7-6-29-8-10-32-11-9-29)12-16(33-19)18-15(23)13-26-21(28-18)27-17(25-3)4-5-24/h4-5,12-13,24-25H,6-11H2,1-3H3,(H,26,27,28)/b17-4+,24-5?. The van der Waals surface area contributed by atoms with E-state index in [0.717, 1.165) is 48.8 Å². The maximum absolute atomic E-state index is 13.3. The van der Waals surface area contributed by atoms with Crippen molar-refractivity contribution in [3.05, 3.63) is 39.6 Å². The Labute approximate surface area is 202 Å². The van der Waals surface area contributed by atoms with Crippen molar-refractivity contribution < 1.29 is 9.53 Å². The quantitative estimate of drug-likeness (QED) is 0.489. The van der Waals surface area contributed by atoms with E-state index in [4.69, 9.17) is 21.7 Å². The third-order valence-electron chi connectivity index (χ3n) is 5.92. The molecule has 1 saturated heterocycles. The Hall–Kier alpha value is -2.53. The zero-order chi connectivity index (χ0) is 23.6. The van der Waals surface area contributed by atoms with Gasteiger partial charge in [-0.15, -0.1) is 11.3 Å². The topological polar surface area (TPSA) is 106 Å². The summed E-state index contributed by atoms with van der Waals surface area (Å²) in [6, 6.07) is 1.89. The molecule has 0 atom stereocenters. The minimum absolute atomic E-state index is 0.0423. The Morgan fingerprint density at radius 1 is 1.36 bits per heavy atom. The monoisotopic (exact) mass is 489 g/mol. The average Bonchev–Trinajstić information content (AvgIpc) is 3.33. The van der Waals surface area contributed by atoms with Crippen molar-refractivity contribution in [1.29, 1.82) is 5.41 Å². The summed E-state index contributed by atoms with van der Waals surface area (Å²) in [6.07, 6.45) is 4.26. The molecule has 2 aromatic rings. The molecule has 0 unspecified atom stereocenters. The van der Waals surface area contributed by atoms with E-state index in [9.17, 15) is 4.79 Å². The van der Waals surface area contributed by atoms with Crippen LogP contribution in [0, 0.1) is 5.41 Å². The zero-order valence-corrected chi connectivity index (χ0v) is 20.5. The summed E-state index contributed by atoms with van der Waals surface area (Å²) >= 11 is 7.98. The number of carbonyl (C=O) groups excluding carboxylic acids is 1. The van der Waals surface area contributed by atoms with Crippen LogP contribution in [-0.4, -0.2) is 78.3 Å². The molecule has 2 aromatic heterocycles. The SMILES string of the molecule is CN/C(=C\C=N)Nc1ncc(Cl)c(-c2cc3c(s2)C(C)(C)N(CCN2CCOCC2)C3=O)n1. The number of halogens is 1. The molecule has 0 saturated carbocycles. The van der Waals surface area contributed by atoms with Gasteiger partial charge < -0.3 is 25.7 Å². The molecule has 9 nitrogen and oxygen atoms in total. The first-order chi connectivity index (χ1) is 15.8. The molecule has 2 aliphatic rings. The van der Waals surface area contributed by atoms with Gasteiger partial charge in [-0.2, -0.15) is 0 Å². The van der Waals surface area contributed by atoms with E-state index in [1.165, 1.54) is 6.20 Å². The van der Waals surface area contributed by atoms with Gasteiger partial charge in [-0.25, -0.2) is 9.97 Å². The molecule has 33 heavy (non-hydrogen) atoms. The second-order valence-electron chi connectivity index (χ2n) is 8.34. The largest absolute Gasteiger partial charge is 0.379 e. The number of morpholine rings is 1. The maximum atomic E-state index is 13.3. The first-order valence-electron chi connectivity index (χ1n) is 10.8. The molecule has 1 fully saturated rings. The highest BCUT2D eigenvalue weighted by atomic mass is 35.5. The minimum Gasteiger partial charge on any atom is -0.379 e. The van der Waals surface area contributed by atoms with Crippen molar-refractivity contribution in [3.63, 3.8) is 0 Å². The first kappa shape index (κ1) is 23.6. The van der Waals surface area contributed by atoms with E-state index < -0.39 is 5.54 Å². The van der Waals surface area contributed by atoms with E-state index in [-0.39, 0.29) is 5.91 Å². The molecule has 0 bridgehead atoms. The van der Waals surface area contributed by atoms with Gasteiger partial charge in [-0.05, 0) is 26.0 Å². The number of aromatic nitrogens is 2. The van der Waals surface area contributed by atoms with Crippen molar-refractivity contribution in [2.45, 2.75) is 19.4 Å². The Bertz CT molecular complexity index is 1080. The van der Waals surface area contributed by atoms with Crippen LogP contribution in [-0.2, 0) is 10.3 Å². The highest BCUT2D eigenvalue weighted by Gasteiger charge is 2.45. The molecule has 0 aromatic carbocycles. The lowest BCUT2D eigenvalue weighted by Crippen LogP contribution is -2.46. The van der Waals surface area contributed by atoms with E-state index in [2.05, 4.69) is 39.3 Å². The van der Waals surface area contributed by atoms with Crippen molar-refractivity contribution in [1.82, 2.24) is 25.1 Å². The number of nitrogens with one attached hydrogen (secondary N) is 3. The van der Waals surface area contributed by atoms with Crippen LogP contribution in [0.15, 0.2) is 24.2 Å². The summed E-state index contributed by atoms with van der Waals surface area (Å²) in [6.45, 7) is 9.00. The number of carbonyl (C=O) groups is 1. The molecule has 4 rings (SSSR count). The number of anilines is 1. The fraction of sp³-hybridized carbons (Fsp3) is 0.455. The van der Waals surface area contributed by atoms with Crippen molar-refractivity contribution in [3.8, 4) is 10.6 Å². The fourth-order valence-corrected chi connectivity index (χ4v) is 5.60. The Morgan fingerprint density at radius 3 is 2.79 bits per heavy atom. The summed E-state index contributed by atoms with van der Waals surface area (Å²) in [5, 5.41) is 13.6. The summed E-state index contributed by atoms with van der Waals surface area (Å²) in [5.74, 6) is 0.975. The van der Waals surface area contributed by atoms with Crippen molar-refractivity contribution >= 4 is 41.0 Å². The van der Waals surface area contributed by atoms with Gasteiger partial charge in [-0.3, -0.25) is 9.69 Å². The first-order valence-corrected chi connectivity index (χ1v) is 12.0. The number of thiophene rings is 1. The Morgan fingerprint density at radius 2 is 2.12 bits per heavy atom. The van der Waals surface area contributed by atoms with E-state index >= 15 is 0 Å². The van der Waals surface area contributed by atoms with Crippen LogP contribution in [0.4, 0.5) is 5.95 Å². The van der Waals surface area contributed by atoms with Crippen LogP contribution in [0.2, 0.25) is 5.02 Å². The molecule has 3 N–H and O–H groups in total. The number of nitrogens with zero attached hydrogens (tertiary/aromatic N) is 4. The maximum Gasteiger partial charge on any atom is 0.255 e. The lowest BCUT2D eigenvalue weighted by Gasteiger charge is -2.35. The number of hydrogen-bond donors (Lipinski definition) is 3. The number of rotatable bonds is 8. The third kappa shape index (κ3) is 4.74. The average molecular weight is 490 g/mol. The lowest BCUT2D eigenvalue weighted by atomic mass is 10.0. The summed E-state index contributed by atoms with van der Waals surface area (Å²) in [7, 11) is 1.74. The smallest absolute Gasteiger partial charge is 0.255 e. The van der Waals surface area contributed by atoms with Crippen LogP contribution < -0.4 is 10.6 Å². The number of fused-ring (bicyclic) bond motifs is 1. The highest BCUT2D eigenvalue weighted by Crippen LogP contribution is 2.46. The number of ether oxygens (including phenoxy) is 1. The third-order valence-corrected chi connectivity index (χ3v) is 7.66. The van der Waals surface area contributed by atoms with Crippen molar-refractivity contribution in [2.75, 3.05) is 51.8 Å². The van der Waals surface area contributed by atoms with Crippen LogP contribution >= 0.6 is 22.9 Å². The van der Waals surface area contributed by atoms with Crippen molar-refractivity contribution in [2.24, 2.45) is 0 Å². The van der Waals surface area contributed by atoms with Gasteiger partial charge in [0.15, 0.2) is 0 Å². The second-order valence-corrected chi connectivity index (χ2v) is 9.79. The van der Waals surface area contributed by atoms with Gasteiger partial charge in [0, 0.05) is 44.3 Å². The molecular weight excluding hydrogens is 462 g/mol. The van der Waals surface area contributed by atoms with Gasteiger partial charge in [0.05, 0.1) is 40.4 Å². The molecule has 11 heteroatoms. The van der Waals surface area contributed by atoms with Crippen LogP contribution in [0.3, 0.4) is 0 Å². The van der Waals surface area contributed by atoms with Gasteiger partial charge in [0.1, 0.15) is 11.5 Å². The van der Waals surface area contributed by atoms with Crippen LogP contribution in [0.5, 0.6) is 0 Å². The molecule has 2 aliphatic heterocycles. The highest BCUT2D eigenvalue weighted by molar-refractivity contribution is 7.16. The molecule has 0 aliphatic carbocycles. The van der Waals surface area contributed by atoms with Gasteiger partial charge >= 0.3 is 0 Å². The fourth-order valence-electron chi connectivity index (χ4n) is 4.08. The van der Waals surface area contributed by atoms with Crippen LogP contribution in [0.1, 0.15) is 29.1 Å². The van der Waals surface area contributed by atoms with Gasteiger partial charge in [-0.1, -0.05) is 11.6 Å². The number of amides is 1. The molecule has 4 heterocycles. The number of allylic oxidation sites excluding steroid dienone is 1. The molecular formula is C22H28ClN7O2S. The molecule has 176 valence electrons. The Balaban J connectivity index is 1.56. The van der Waals surface area contributed by atoms with Crippen LogP contribution in [0.25, 0.3) is 10.6 Å². The number of hydrogen-bond acceptors (Lipinski definition) is 9. The minimum atomic E-state index is -0.409. The lowest BCUT2D eigenvalue weighted by molar-refractivity contribution is 0.0263. The molecule has 1 amide bonds. The zero-order valence-electron chi connectivity index (χ0n) is 18.9. The summed E-state index contributed by atoms with van der Waals surface area (Å²) < 4.78 is 5.42. The predicted octanol–water partition coefficient (Wildman–Crippen LogP) is 3.00. The van der Waals surface area contributed by atoms with E-state index in [1.807, 2.05) is 11.0 Å². The van der Waals surface area contributed by atoms with E-state index in [1.54, 1.807) is 24.5 Å². The van der Waals surface area contributed by atoms with Gasteiger partial charge in [0.25, 0.3) is 5.91 Å². The summed E-state index contributed by atoms with van der Waals surface area (Å²) in [5.41, 5.74) is 0.877. The second kappa shape index (κ2) is 9.76. The van der Waals surface area contributed by atoms with E-state index in [0.29, 0.717) is 34.6 Å². The van der Waals surface area contributed by atoms with Gasteiger partial charge in [0.2, 0.25) is 5.95 Å². The molecule has 0 radical (unpaired) electrons. The molecule has 0 spiro atoms. The summed E-state index contributed by atoms with van der Waals surface area (Å²) in [4.78, 5) is 28.3. The normalized spacial score (nSPS) is 18.4. The Kier molecular flexibility index (Phi) is 6.99.